The van der Waals surface area contributed by atoms with Crippen molar-refractivity contribution in [2.24, 2.45) is 11.8 Å². The molecule has 5 heteroatoms. The number of carbonyl (C=O) groups is 1. The van der Waals surface area contributed by atoms with Crippen LogP contribution in [-0.2, 0) is 4.74 Å². The van der Waals surface area contributed by atoms with Gasteiger partial charge < -0.3 is 15.0 Å². The first kappa shape index (κ1) is 16.9. The first-order chi connectivity index (χ1) is 10.5. The number of likely N-dealkylation sites (tertiary alicyclic amines) is 1. The number of aryl methyl sites for hydroxylation is 1. The lowest BCUT2D eigenvalue weighted by atomic mass is 10.1. The van der Waals surface area contributed by atoms with Gasteiger partial charge in [-0.15, -0.1) is 0 Å². The van der Waals surface area contributed by atoms with E-state index in [4.69, 9.17) is 16.3 Å². The van der Waals surface area contributed by atoms with Crippen molar-refractivity contribution in [3.63, 3.8) is 0 Å². The smallest absolute Gasteiger partial charge is 0.409 e. The lowest BCUT2D eigenvalue weighted by molar-refractivity contribution is 0.0985. The number of hydrogen-bond donors (Lipinski definition) is 1. The van der Waals surface area contributed by atoms with E-state index >= 15 is 0 Å². The SMILES string of the molecule is Cc1cc(NC[C@@H]2CCN(C(=O)OCC(C)C)C2)ccc1Cl. The minimum Gasteiger partial charge on any atom is -0.449 e. The Labute approximate surface area is 137 Å². The van der Waals surface area contributed by atoms with Gasteiger partial charge in [-0.1, -0.05) is 25.4 Å². The molecule has 1 amide bonds. The molecule has 122 valence electrons. The third-order valence-corrected chi connectivity index (χ3v) is 4.26. The van der Waals surface area contributed by atoms with Crippen molar-refractivity contribution in [3.8, 4) is 0 Å². The van der Waals surface area contributed by atoms with Crippen LogP contribution in [0.4, 0.5) is 10.5 Å². The van der Waals surface area contributed by atoms with Crippen molar-refractivity contribution in [2.45, 2.75) is 27.2 Å². The zero-order valence-corrected chi connectivity index (χ0v) is 14.3. The zero-order chi connectivity index (χ0) is 16.1. The van der Waals surface area contributed by atoms with Crippen LogP contribution in [0.1, 0.15) is 25.8 Å². The van der Waals surface area contributed by atoms with Crippen LogP contribution in [0.2, 0.25) is 5.02 Å². The van der Waals surface area contributed by atoms with Gasteiger partial charge in [0.1, 0.15) is 0 Å². The fraction of sp³-hybridized carbons (Fsp3) is 0.588. The van der Waals surface area contributed by atoms with Crippen LogP contribution in [0, 0.1) is 18.8 Å². The molecule has 0 unspecified atom stereocenters. The summed E-state index contributed by atoms with van der Waals surface area (Å²) in [6.07, 6.45) is 0.828. The highest BCUT2D eigenvalue weighted by Gasteiger charge is 2.27. The van der Waals surface area contributed by atoms with Gasteiger partial charge in [-0.25, -0.2) is 4.79 Å². The Balaban J connectivity index is 1.76. The minimum atomic E-state index is -0.182. The Morgan fingerprint density at radius 3 is 2.95 bits per heavy atom. The van der Waals surface area contributed by atoms with Gasteiger partial charge in [0.25, 0.3) is 0 Å². The van der Waals surface area contributed by atoms with E-state index in [2.05, 4.69) is 5.32 Å². The molecular formula is C17H25ClN2O2. The number of nitrogens with zero attached hydrogens (tertiary/aromatic N) is 1. The van der Waals surface area contributed by atoms with Crippen molar-refractivity contribution in [1.29, 1.82) is 0 Å². The molecule has 1 N–H and O–H groups in total. The highest BCUT2D eigenvalue weighted by Crippen LogP contribution is 2.21. The van der Waals surface area contributed by atoms with Crippen LogP contribution in [0.25, 0.3) is 0 Å². The van der Waals surface area contributed by atoms with Crippen molar-refractivity contribution < 1.29 is 9.53 Å². The predicted molar refractivity (Wildman–Crippen MR) is 90.5 cm³/mol. The molecule has 0 radical (unpaired) electrons. The molecule has 1 aliphatic rings. The Hall–Kier alpha value is -1.42. The van der Waals surface area contributed by atoms with Crippen LogP contribution in [0.15, 0.2) is 18.2 Å². The third-order valence-electron chi connectivity index (χ3n) is 3.84. The standard InChI is InChI=1S/C17H25ClN2O2/c1-12(2)11-22-17(21)20-7-6-14(10-20)9-19-15-4-5-16(18)13(3)8-15/h4-5,8,12,14,19H,6-7,9-11H2,1-3H3/t14-/m0/s1. The second kappa shape index (κ2) is 7.73. The summed E-state index contributed by atoms with van der Waals surface area (Å²) in [6.45, 7) is 8.96. The third kappa shape index (κ3) is 4.80. The Bertz CT molecular complexity index is 519. The average Bonchev–Trinajstić information content (AvgIpc) is 2.95. The number of carbonyl (C=O) groups excluding carboxylic acids is 1. The summed E-state index contributed by atoms with van der Waals surface area (Å²) in [4.78, 5) is 13.7. The summed E-state index contributed by atoms with van der Waals surface area (Å²) in [5, 5.41) is 4.21. The van der Waals surface area contributed by atoms with Crippen molar-refractivity contribution in [2.75, 3.05) is 31.6 Å². The van der Waals surface area contributed by atoms with Crippen molar-refractivity contribution in [3.05, 3.63) is 28.8 Å². The fourth-order valence-electron chi connectivity index (χ4n) is 2.51. The van der Waals surface area contributed by atoms with E-state index in [0.717, 1.165) is 42.3 Å². The normalized spacial score (nSPS) is 17.9. The molecule has 0 saturated carbocycles. The topological polar surface area (TPSA) is 41.6 Å². The molecule has 1 atom stereocenters. The molecule has 0 aliphatic carbocycles. The average molecular weight is 325 g/mol. The van der Waals surface area contributed by atoms with Crippen LogP contribution in [0.5, 0.6) is 0 Å². The Morgan fingerprint density at radius 1 is 1.50 bits per heavy atom. The molecule has 1 aliphatic heterocycles. The summed E-state index contributed by atoms with van der Waals surface area (Å²) in [5.74, 6) is 0.833. The molecule has 1 aromatic rings. The van der Waals surface area contributed by atoms with Gasteiger partial charge in [-0.05, 0) is 48.9 Å². The van der Waals surface area contributed by atoms with Crippen LogP contribution >= 0.6 is 11.6 Å². The largest absolute Gasteiger partial charge is 0.449 e. The highest BCUT2D eigenvalue weighted by molar-refractivity contribution is 6.31. The quantitative estimate of drug-likeness (QED) is 0.883. The van der Waals surface area contributed by atoms with Crippen LogP contribution < -0.4 is 5.32 Å². The van der Waals surface area contributed by atoms with E-state index in [1.165, 1.54) is 0 Å². The van der Waals surface area contributed by atoms with Crippen LogP contribution in [0.3, 0.4) is 0 Å². The summed E-state index contributed by atoms with van der Waals surface area (Å²) >= 11 is 6.03. The molecule has 4 nitrogen and oxygen atoms in total. The second-order valence-corrected chi connectivity index (χ2v) is 6.82. The molecular weight excluding hydrogens is 300 g/mol. The number of amides is 1. The van der Waals surface area contributed by atoms with E-state index < -0.39 is 0 Å². The summed E-state index contributed by atoms with van der Waals surface area (Å²) in [5.41, 5.74) is 2.14. The first-order valence-corrected chi connectivity index (χ1v) is 8.25. The number of ether oxygens (including phenoxy) is 1. The summed E-state index contributed by atoms with van der Waals surface area (Å²) in [6, 6.07) is 5.94. The van der Waals surface area contributed by atoms with E-state index in [-0.39, 0.29) is 6.09 Å². The number of anilines is 1. The van der Waals surface area contributed by atoms with Gasteiger partial charge in [0.15, 0.2) is 0 Å². The van der Waals surface area contributed by atoms with E-state index in [1.807, 2.05) is 43.9 Å². The number of hydrogen-bond acceptors (Lipinski definition) is 3. The van der Waals surface area contributed by atoms with Gasteiger partial charge in [0, 0.05) is 30.3 Å². The summed E-state index contributed by atoms with van der Waals surface area (Å²) in [7, 11) is 0. The summed E-state index contributed by atoms with van der Waals surface area (Å²) < 4.78 is 5.28. The lowest BCUT2D eigenvalue weighted by Gasteiger charge is -2.18. The number of benzene rings is 1. The van der Waals surface area contributed by atoms with Gasteiger partial charge in [0.05, 0.1) is 6.61 Å². The molecule has 0 aromatic heterocycles. The van der Waals surface area contributed by atoms with E-state index in [0.29, 0.717) is 18.4 Å². The maximum Gasteiger partial charge on any atom is 0.409 e. The highest BCUT2D eigenvalue weighted by atomic mass is 35.5. The fourth-order valence-corrected chi connectivity index (χ4v) is 2.63. The van der Waals surface area contributed by atoms with E-state index in [1.54, 1.807) is 0 Å². The van der Waals surface area contributed by atoms with E-state index in [9.17, 15) is 4.79 Å². The lowest BCUT2D eigenvalue weighted by Crippen LogP contribution is -2.31. The van der Waals surface area contributed by atoms with Crippen LogP contribution in [-0.4, -0.2) is 37.2 Å². The molecule has 22 heavy (non-hydrogen) atoms. The molecule has 1 heterocycles. The first-order valence-electron chi connectivity index (χ1n) is 7.87. The number of rotatable bonds is 5. The molecule has 2 rings (SSSR count). The molecule has 1 aromatic carbocycles. The molecule has 1 fully saturated rings. The maximum absolute atomic E-state index is 11.9. The molecule has 1 saturated heterocycles. The van der Waals surface area contributed by atoms with Gasteiger partial charge in [-0.2, -0.15) is 0 Å². The van der Waals surface area contributed by atoms with Crippen molar-refractivity contribution >= 4 is 23.4 Å². The monoisotopic (exact) mass is 324 g/mol. The Kier molecular flexibility index (Phi) is 5.95. The molecule has 0 spiro atoms. The van der Waals surface area contributed by atoms with Gasteiger partial charge in [-0.3, -0.25) is 0 Å². The second-order valence-electron chi connectivity index (χ2n) is 6.42. The maximum atomic E-state index is 11.9. The van der Waals surface area contributed by atoms with Gasteiger partial charge >= 0.3 is 6.09 Å². The number of halogens is 1. The van der Waals surface area contributed by atoms with Crippen molar-refractivity contribution in [1.82, 2.24) is 4.90 Å². The van der Waals surface area contributed by atoms with Gasteiger partial charge in [0.2, 0.25) is 0 Å². The zero-order valence-electron chi connectivity index (χ0n) is 13.6. The molecule has 0 bridgehead atoms. The Morgan fingerprint density at radius 2 is 2.27 bits per heavy atom. The minimum absolute atomic E-state index is 0.182. The predicted octanol–water partition coefficient (Wildman–Crippen LogP) is 4.17. The number of nitrogens with one attached hydrogen (secondary N) is 1.